The van der Waals surface area contributed by atoms with Gasteiger partial charge < -0.3 is 9.73 Å². The van der Waals surface area contributed by atoms with Gasteiger partial charge >= 0.3 is 0 Å². The van der Waals surface area contributed by atoms with Crippen LogP contribution in [0.25, 0.3) is 0 Å². The van der Waals surface area contributed by atoms with E-state index in [1.807, 2.05) is 12.3 Å². The molecule has 1 fully saturated rings. The van der Waals surface area contributed by atoms with Crippen LogP contribution in [0, 0.1) is 0 Å². The molecule has 1 aliphatic rings. The summed E-state index contributed by atoms with van der Waals surface area (Å²) in [6, 6.07) is 3.36. The third kappa shape index (κ3) is 3.86. The van der Waals surface area contributed by atoms with E-state index in [1.165, 1.54) is 31.2 Å². The third-order valence-electron chi connectivity index (χ3n) is 3.82. The molecule has 0 saturated heterocycles. The molecule has 1 aliphatic carbocycles. The topological polar surface area (TPSA) is 28.4 Å². The van der Waals surface area contributed by atoms with Crippen LogP contribution in [0.15, 0.2) is 23.0 Å². The number of nitrogens with zero attached hydrogens (tertiary/aromatic N) is 1. The molecule has 2 rings (SSSR count). The quantitative estimate of drug-likeness (QED) is 0.823. The Morgan fingerprint density at radius 3 is 2.88 bits per heavy atom. The Labute approximate surface area is 104 Å². The summed E-state index contributed by atoms with van der Waals surface area (Å²) in [5.74, 6) is 0. The third-order valence-corrected chi connectivity index (χ3v) is 3.82. The van der Waals surface area contributed by atoms with Gasteiger partial charge in [0.1, 0.15) is 0 Å². The molecule has 1 unspecified atom stereocenters. The van der Waals surface area contributed by atoms with Gasteiger partial charge in [-0.15, -0.1) is 0 Å². The van der Waals surface area contributed by atoms with Gasteiger partial charge in [0, 0.05) is 30.7 Å². The summed E-state index contributed by atoms with van der Waals surface area (Å²) < 4.78 is 5.09. The lowest BCUT2D eigenvalue weighted by molar-refractivity contribution is 0.236. The maximum Gasteiger partial charge on any atom is 0.0947 e. The minimum absolute atomic E-state index is 0.561. The van der Waals surface area contributed by atoms with Gasteiger partial charge in [-0.25, -0.2) is 0 Å². The van der Waals surface area contributed by atoms with Crippen LogP contribution in [0.1, 0.15) is 38.2 Å². The molecule has 3 heteroatoms. The molecule has 1 saturated carbocycles. The van der Waals surface area contributed by atoms with E-state index in [2.05, 4.69) is 24.2 Å². The highest BCUT2D eigenvalue weighted by atomic mass is 16.3. The second-order valence-electron chi connectivity index (χ2n) is 5.29. The van der Waals surface area contributed by atoms with Crippen LogP contribution in [-0.4, -0.2) is 30.6 Å². The Balaban J connectivity index is 1.69. The first-order valence-corrected chi connectivity index (χ1v) is 6.70. The van der Waals surface area contributed by atoms with Crippen molar-refractivity contribution in [3.8, 4) is 0 Å². The lowest BCUT2D eigenvalue weighted by Crippen LogP contribution is -2.40. The first-order valence-electron chi connectivity index (χ1n) is 6.70. The predicted octanol–water partition coefficient (Wildman–Crippen LogP) is 2.63. The van der Waals surface area contributed by atoms with Crippen LogP contribution in [0.4, 0.5) is 0 Å². The maximum atomic E-state index is 5.09. The van der Waals surface area contributed by atoms with E-state index in [4.69, 9.17) is 4.42 Å². The molecule has 96 valence electrons. The number of hydrogen-bond donors (Lipinski definition) is 1. The van der Waals surface area contributed by atoms with E-state index in [9.17, 15) is 0 Å². The molecule has 0 spiro atoms. The molecule has 17 heavy (non-hydrogen) atoms. The number of nitrogens with one attached hydrogen (secondary N) is 1. The van der Waals surface area contributed by atoms with E-state index in [0.29, 0.717) is 6.04 Å². The standard InChI is InChI=1S/C14H24N2O/c1-12(9-15-14-5-3-4-6-14)16(2)10-13-7-8-17-11-13/h7-8,11-12,14-15H,3-6,9-10H2,1-2H3. The molecule has 0 aliphatic heterocycles. The van der Waals surface area contributed by atoms with Crippen molar-refractivity contribution in [2.45, 2.75) is 51.2 Å². The Hall–Kier alpha value is -0.800. The summed E-state index contributed by atoms with van der Waals surface area (Å²) in [5, 5.41) is 3.68. The second kappa shape index (κ2) is 6.22. The molecule has 1 atom stereocenters. The average Bonchev–Trinajstić information content (AvgIpc) is 2.98. The normalized spacial score (nSPS) is 19.0. The highest BCUT2D eigenvalue weighted by molar-refractivity contribution is 5.04. The molecule has 0 aromatic carbocycles. The van der Waals surface area contributed by atoms with E-state index < -0.39 is 0 Å². The maximum absolute atomic E-state index is 5.09. The van der Waals surface area contributed by atoms with Gasteiger partial charge in [-0.05, 0) is 32.9 Å². The Kier molecular flexibility index (Phi) is 4.63. The highest BCUT2D eigenvalue weighted by Gasteiger charge is 2.16. The number of hydrogen-bond acceptors (Lipinski definition) is 3. The van der Waals surface area contributed by atoms with Crippen molar-refractivity contribution in [2.75, 3.05) is 13.6 Å². The smallest absolute Gasteiger partial charge is 0.0947 e. The van der Waals surface area contributed by atoms with Crippen molar-refractivity contribution in [3.05, 3.63) is 24.2 Å². The SMILES string of the molecule is CC(CNC1CCCC1)N(C)Cc1ccoc1. The zero-order valence-corrected chi connectivity index (χ0v) is 11.0. The first-order chi connectivity index (χ1) is 8.25. The summed E-state index contributed by atoms with van der Waals surface area (Å²) in [6.07, 6.45) is 9.09. The molecule has 1 aromatic rings. The monoisotopic (exact) mass is 236 g/mol. The first kappa shape index (κ1) is 12.7. The Bertz CT molecular complexity index is 304. The number of furan rings is 1. The molecular formula is C14H24N2O. The van der Waals surface area contributed by atoms with Crippen LogP contribution in [-0.2, 0) is 6.54 Å². The van der Waals surface area contributed by atoms with E-state index in [0.717, 1.165) is 19.1 Å². The zero-order chi connectivity index (χ0) is 12.1. The predicted molar refractivity (Wildman–Crippen MR) is 69.9 cm³/mol. The van der Waals surface area contributed by atoms with Gasteiger partial charge in [0.2, 0.25) is 0 Å². The molecule has 0 bridgehead atoms. The van der Waals surface area contributed by atoms with E-state index in [1.54, 1.807) is 6.26 Å². The summed E-state index contributed by atoms with van der Waals surface area (Å²) in [5.41, 5.74) is 1.25. The molecule has 1 aromatic heterocycles. The summed E-state index contributed by atoms with van der Waals surface area (Å²) in [6.45, 7) is 4.32. The summed E-state index contributed by atoms with van der Waals surface area (Å²) in [4.78, 5) is 2.37. The van der Waals surface area contributed by atoms with Crippen LogP contribution >= 0.6 is 0 Å². The second-order valence-corrected chi connectivity index (χ2v) is 5.29. The summed E-state index contributed by atoms with van der Waals surface area (Å²) >= 11 is 0. The fraction of sp³-hybridized carbons (Fsp3) is 0.714. The fourth-order valence-electron chi connectivity index (χ4n) is 2.45. The molecule has 0 radical (unpaired) electrons. The lowest BCUT2D eigenvalue weighted by Gasteiger charge is -2.26. The average molecular weight is 236 g/mol. The largest absolute Gasteiger partial charge is 0.472 e. The van der Waals surface area contributed by atoms with Crippen molar-refractivity contribution < 1.29 is 4.42 Å². The van der Waals surface area contributed by atoms with Crippen LogP contribution in [0.5, 0.6) is 0 Å². The molecule has 1 heterocycles. The number of rotatable bonds is 6. The summed E-state index contributed by atoms with van der Waals surface area (Å²) in [7, 11) is 2.17. The van der Waals surface area contributed by atoms with Crippen LogP contribution < -0.4 is 5.32 Å². The highest BCUT2D eigenvalue weighted by Crippen LogP contribution is 2.17. The number of likely N-dealkylation sites (N-methyl/N-ethyl adjacent to an activating group) is 1. The van der Waals surface area contributed by atoms with E-state index in [-0.39, 0.29) is 0 Å². The van der Waals surface area contributed by atoms with Crippen LogP contribution in [0.3, 0.4) is 0 Å². The van der Waals surface area contributed by atoms with Crippen molar-refractivity contribution in [2.24, 2.45) is 0 Å². The van der Waals surface area contributed by atoms with Gasteiger partial charge in [-0.1, -0.05) is 12.8 Å². The molecule has 1 N–H and O–H groups in total. The van der Waals surface area contributed by atoms with Gasteiger partial charge in [0.05, 0.1) is 12.5 Å². The van der Waals surface area contributed by atoms with Gasteiger partial charge in [0.15, 0.2) is 0 Å². The Morgan fingerprint density at radius 2 is 2.24 bits per heavy atom. The zero-order valence-electron chi connectivity index (χ0n) is 11.0. The van der Waals surface area contributed by atoms with Gasteiger partial charge in [0.25, 0.3) is 0 Å². The van der Waals surface area contributed by atoms with Gasteiger partial charge in [-0.3, -0.25) is 4.90 Å². The molecule has 0 amide bonds. The Morgan fingerprint density at radius 1 is 1.47 bits per heavy atom. The molecular weight excluding hydrogens is 212 g/mol. The van der Waals surface area contributed by atoms with Crippen molar-refractivity contribution in [1.82, 2.24) is 10.2 Å². The molecule has 3 nitrogen and oxygen atoms in total. The lowest BCUT2D eigenvalue weighted by atomic mass is 10.2. The van der Waals surface area contributed by atoms with Crippen molar-refractivity contribution in [3.63, 3.8) is 0 Å². The van der Waals surface area contributed by atoms with Crippen LogP contribution in [0.2, 0.25) is 0 Å². The van der Waals surface area contributed by atoms with E-state index >= 15 is 0 Å². The minimum Gasteiger partial charge on any atom is -0.472 e. The fourth-order valence-corrected chi connectivity index (χ4v) is 2.45. The van der Waals surface area contributed by atoms with Gasteiger partial charge in [-0.2, -0.15) is 0 Å². The van der Waals surface area contributed by atoms with Crippen molar-refractivity contribution in [1.29, 1.82) is 0 Å². The van der Waals surface area contributed by atoms with Crippen molar-refractivity contribution >= 4 is 0 Å². The minimum atomic E-state index is 0.561.